The van der Waals surface area contributed by atoms with E-state index in [-0.39, 0.29) is 41.9 Å². The zero-order valence-corrected chi connectivity index (χ0v) is 18.3. The molecular weight excluding hydrogens is 454 g/mol. The van der Waals surface area contributed by atoms with E-state index in [0.717, 1.165) is 5.56 Å². The van der Waals surface area contributed by atoms with Crippen molar-refractivity contribution >= 4 is 16.8 Å². The Hall–Kier alpha value is -3.11. The summed E-state index contributed by atoms with van der Waals surface area (Å²) in [6.07, 6.45) is -2.35. The first-order valence-corrected chi connectivity index (χ1v) is 11.0. The van der Waals surface area contributed by atoms with E-state index in [1.54, 1.807) is 23.1 Å². The van der Waals surface area contributed by atoms with Crippen LogP contribution in [0.2, 0.25) is 0 Å². The van der Waals surface area contributed by atoms with Crippen LogP contribution in [-0.2, 0) is 13.1 Å². The van der Waals surface area contributed by atoms with Gasteiger partial charge in [0.05, 0.1) is 17.7 Å². The number of aromatic nitrogens is 1. The molecule has 10 heteroatoms. The van der Waals surface area contributed by atoms with E-state index in [4.69, 9.17) is 5.73 Å². The van der Waals surface area contributed by atoms with Crippen LogP contribution in [0.5, 0.6) is 5.75 Å². The van der Waals surface area contributed by atoms with Crippen LogP contribution in [0.3, 0.4) is 0 Å². The maximum atomic E-state index is 14.4. The molecule has 6 nitrogen and oxygen atoms in total. The van der Waals surface area contributed by atoms with Crippen LogP contribution in [0.25, 0.3) is 10.9 Å². The van der Waals surface area contributed by atoms with E-state index >= 15 is 0 Å². The fourth-order valence-corrected chi connectivity index (χ4v) is 4.58. The minimum absolute atomic E-state index is 0.000838. The van der Waals surface area contributed by atoms with Crippen LogP contribution >= 0.6 is 0 Å². The van der Waals surface area contributed by atoms with Gasteiger partial charge in [-0.15, -0.1) is 13.2 Å². The number of nitrogens with two attached hydrogens (primary N) is 1. The molecule has 2 aromatic carbocycles. The minimum Gasteiger partial charge on any atom is -0.404 e. The van der Waals surface area contributed by atoms with Crippen molar-refractivity contribution in [3.05, 3.63) is 65.1 Å². The standard InChI is InChI=1S/C24H25F4N3O3/c25-20-5-4-15(13-29)12-18(20)16-6-8-30(9-7-16)23(33)19-14-31(10-11-32)22-17(19)2-1-3-21(22)34-24(26,27)28/h1-5,12,14,16,32H,6-11,13,29H2. The fraction of sp³-hybridized carbons (Fsp3) is 0.375. The average Bonchev–Trinajstić information content (AvgIpc) is 3.18. The number of alkyl halides is 3. The number of aliphatic hydroxyl groups excluding tert-OH is 1. The maximum Gasteiger partial charge on any atom is 0.573 e. The zero-order valence-electron chi connectivity index (χ0n) is 18.3. The number of carbonyl (C=O) groups is 1. The van der Waals surface area contributed by atoms with E-state index in [9.17, 15) is 27.5 Å². The first kappa shape index (κ1) is 24.0. The van der Waals surface area contributed by atoms with Crippen molar-refractivity contribution in [2.24, 2.45) is 5.73 Å². The Bertz CT molecular complexity index is 1180. The number of halogens is 4. The molecule has 1 aliphatic heterocycles. The molecule has 3 aromatic rings. The summed E-state index contributed by atoms with van der Waals surface area (Å²) in [6.45, 7) is 0.738. The van der Waals surface area contributed by atoms with Gasteiger partial charge in [-0.25, -0.2) is 4.39 Å². The Morgan fingerprint density at radius 2 is 1.91 bits per heavy atom. The van der Waals surface area contributed by atoms with Crippen molar-refractivity contribution in [3.8, 4) is 5.75 Å². The van der Waals surface area contributed by atoms with Gasteiger partial charge in [0.15, 0.2) is 5.75 Å². The Labute approximate surface area is 193 Å². The number of hydrogen-bond donors (Lipinski definition) is 2. The third-order valence-corrected chi connectivity index (χ3v) is 6.18. The molecule has 0 saturated carbocycles. The van der Waals surface area contributed by atoms with Gasteiger partial charge in [-0.3, -0.25) is 4.79 Å². The van der Waals surface area contributed by atoms with E-state index in [1.807, 2.05) is 0 Å². The van der Waals surface area contributed by atoms with Gasteiger partial charge in [0.1, 0.15) is 5.82 Å². The first-order chi connectivity index (χ1) is 16.2. The van der Waals surface area contributed by atoms with Crippen LogP contribution in [-0.4, -0.2) is 46.5 Å². The van der Waals surface area contributed by atoms with E-state index in [0.29, 0.717) is 43.4 Å². The van der Waals surface area contributed by atoms with E-state index in [2.05, 4.69) is 4.74 Å². The molecule has 1 fully saturated rings. The Morgan fingerprint density at radius 1 is 1.18 bits per heavy atom. The average molecular weight is 479 g/mol. The molecule has 182 valence electrons. The van der Waals surface area contributed by atoms with Crippen LogP contribution in [0.4, 0.5) is 17.6 Å². The van der Waals surface area contributed by atoms with E-state index in [1.165, 1.54) is 29.0 Å². The Balaban J connectivity index is 1.59. The van der Waals surface area contributed by atoms with Crippen molar-refractivity contribution in [2.45, 2.75) is 38.2 Å². The highest BCUT2D eigenvalue weighted by molar-refractivity contribution is 6.08. The lowest BCUT2D eigenvalue weighted by Gasteiger charge is -2.32. The largest absolute Gasteiger partial charge is 0.573 e. The van der Waals surface area contributed by atoms with Crippen LogP contribution < -0.4 is 10.5 Å². The number of amides is 1. The minimum atomic E-state index is -4.90. The lowest BCUT2D eigenvalue weighted by Crippen LogP contribution is -2.38. The topological polar surface area (TPSA) is 80.7 Å². The highest BCUT2D eigenvalue weighted by Gasteiger charge is 2.33. The number of carbonyl (C=O) groups excluding carboxylic acids is 1. The van der Waals surface area contributed by atoms with Crippen molar-refractivity contribution < 1.29 is 32.2 Å². The number of ether oxygens (including phenoxy) is 1. The summed E-state index contributed by atoms with van der Waals surface area (Å²) in [5.41, 5.74) is 7.41. The summed E-state index contributed by atoms with van der Waals surface area (Å²) in [5, 5.41) is 9.69. The summed E-state index contributed by atoms with van der Waals surface area (Å²) in [6, 6.07) is 8.95. The lowest BCUT2D eigenvalue weighted by atomic mass is 9.88. The van der Waals surface area contributed by atoms with Crippen LogP contribution in [0.15, 0.2) is 42.6 Å². The molecule has 0 radical (unpaired) electrons. The monoisotopic (exact) mass is 479 g/mol. The van der Waals surface area contributed by atoms with Crippen LogP contribution in [0.1, 0.15) is 40.2 Å². The second kappa shape index (κ2) is 9.63. The van der Waals surface area contributed by atoms with Gasteiger partial charge in [0, 0.05) is 37.8 Å². The molecule has 0 spiro atoms. The van der Waals surface area contributed by atoms with Gasteiger partial charge in [0.25, 0.3) is 5.91 Å². The third kappa shape index (κ3) is 4.88. The van der Waals surface area contributed by atoms with Gasteiger partial charge >= 0.3 is 6.36 Å². The fourth-order valence-electron chi connectivity index (χ4n) is 4.58. The first-order valence-electron chi connectivity index (χ1n) is 11.0. The number of likely N-dealkylation sites (tertiary alicyclic amines) is 1. The number of nitrogens with zero attached hydrogens (tertiary/aromatic N) is 2. The summed E-state index contributed by atoms with van der Waals surface area (Å²) >= 11 is 0. The van der Waals surface area contributed by atoms with Crippen molar-refractivity contribution in [2.75, 3.05) is 19.7 Å². The van der Waals surface area contributed by atoms with Gasteiger partial charge < -0.3 is 25.0 Å². The number of rotatable bonds is 6. The zero-order chi connectivity index (χ0) is 24.5. The molecule has 3 N–H and O–H groups in total. The predicted octanol–water partition coefficient (Wildman–Crippen LogP) is 4.15. The molecule has 1 aromatic heterocycles. The third-order valence-electron chi connectivity index (χ3n) is 6.18. The molecule has 0 unspecified atom stereocenters. The molecule has 1 saturated heterocycles. The van der Waals surface area contributed by atoms with Crippen molar-refractivity contribution in [1.29, 1.82) is 0 Å². The molecule has 1 aliphatic rings. The molecule has 4 rings (SSSR count). The Kier molecular flexibility index (Phi) is 6.81. The quantitative estimate of drug-likeness (QED) is 0.521. The second-order valence-electron chi connectivity index (χ2n) is 8.29. The van der Waals surface area contributed by atoms with Crippen LogP contribution in [0, 0.1) is 5.82 Å². The number of benzene rings is 2. The van der Waals surface area contributed by atoms with Gasteiger partial charge in [0.2, 0.25) is 0 Å². The molecule has 0 aliphatic carbocycles. The highest BCUT2D eigenvalue weighted by atomic mass is 19.4. The second-order valence-corrected chi connectivity index (χ2v) is 8.29. The summed E-state index contributed by atoms with van der Waals surface area (Å²) in [7, 11) is 0. The maximum absolute atomic E-state index is 14.4. The molecule has 2 heterocycles. The molecule has 34 heavy (non-hydrogen) atoms. The van der Waals surface area contributed by atoms with Gasteiger partial charge in [-0.2, -0.15) is 0 Å². The number of fused-ring (bicyclic) bond motifs is 1. The molecule has 0 atom stereocenters. The molecule has 1 amide bonds. The van der Waals surface area contributed by atoms with Gasteiger partial charge in [-0.05, 0) is 42.0 Å². The molecule has 0 bridgehead atoms. The summed E-state index contributed by atoms with van der Waals surface area (Å²) in [5.74, 6) is -1.13. The lowest BCUT2D eigenvalue weighted by molar-refractivity contribution is -0.274. The number of aliphatic hydroxyl groups is 1. The van der Waals surface area contributed by atoms with Crippen molar-refractivity contribution in [1.82, 2.24) is 9.47 Å². The summed E-state index contributed by atoms with van der Waals surface area (Å²) in [4.78, 5) is 15.0. The van der Waals surface area contributed by atoms with E-state index < -0.39 is 12.1 Å². The number of para-hydroxylation sites is 1. The smallest absolute Gasteiger partial charge is 0.404 e. The molecular formula is C24H25F4N3O3. The number of hydrogen-bond acceptors (Lipinski definition) is 4. The predicted molar refractivity (Wildman–Crippen MR) is 118 cm³/mol. The number of piperidine rings is 1. The SMILES string of the molecule is NCc1ccc(F)c(C2CCN(C(=O)c3cn(CCO)c4c(OC(F)(F)F)cccc34)CC2)c1. The Morgan fingerprint density at radius 3 is 2.56 bits per heavy atom. The normalized spacial score (nSPS) is 15.2. The summed E-state index contributed by atoms with van der Waals surface area (Å²) < 4.78 is 58.7. The van der Waals surface area contributed by atoms with Gasteiger partial charge in [-0.1, -0.05) is 24.3 Å². The highest BCUT2D eigenvalue weighted by Crippen LogP contribution is 2.35. The van der Waals surface area contributed by atoms with Crippen molar-refractivity contribution in [3.63, 3.8) is 0 Å².